The van der Waals surface area contributed by atoms with Crippen molar-refractivity contribution >= 4 is 0 Å². The van der Waals surface area contributed by atoms with E-state index in [-0.39, 0.29) is 0 Å². The van der Waals surface area contributed by atoms with E-state index >= 15 is 0 Å². The molecule has 0 amide bonds. The number of hydrogen-bond acceptors (Lipinski definition) is 4. The van der Waals surface area contributed by atoms with Crippen LogP contribution in [0.5, 0.6) is 0 Å². The van der Waals surface area contributed by atoms with Gasteiger partial charge in [-0.15, -0.1) is 0 Å². The molecule has 6 heteroatoms. The van der Waals surface area contributed by atoms with Crippen molar-refractivity contribution < 1.29 is 0 Å². The smallest absolute Gasteiger partial charge is 0.121 e. The van der Waals surface area contributed by atoms with Crippen molar-refractivity contribution in [2.24, 2.45) is 23.3 Å². The number of aromatic nitrogens is 4. The molecule has 6 nitrogen and oxygen atoms in total. The van der Waals surface area contributed by atoms with E-state index in [4.69, 9.17) is 21.4 Å². The Morgan fingerprint density at radius 3 is 1.08 bits per heavy atom. The molecular formula is C54H54N6. The van der Waals surface area contributed by atoms with E-state index in [0.29, 0.717) is 11.8 Å². The molecule has 2 aliphatic carbocycles. The number of fused-ring (bicyclic) bond motifs is 2. The molecule has 60 heavy (non-hydrogen) atoms. The molecule has 4 N–H and O–H groups in total. The highest BCUT2D eigenvalue weighted by Gasteiger charge is 2.42. The fraction of sp³-hybridized carbons (Fsp3) is 0.222. The first-order valence-corrected chi connectivity index (χ1v) is 21.5. The summed E-state index contributed by atoms with van der Waals surface area (Å²) < 4.78 is 4.85. The highest BCUT2D eigenvalue weighted by Crippen LogP contribution is 2.45. The predicted octanol–water partition coefficient (Wildman–Crippen LogP) is 9.57. The van der Waals surface area contributed by atoms with Crippen LogP contribution >= 0.6 is 0 Å². The molecule has 2 unspecified atom stereocenters. The van der Waals surface area contributed by atoms with Crippen LogP contribution in [-0.2, 0) is 36.8 Å². The van der Waals surface area contributed by atoms with Gasteiger partial charge in [0.25, 0.3) is 0 Å². The highest BCUT2D eigenvalue weighted by molar-refractivity contribution is 5.53. The molecule has 0 bridgehead atoms. The van der Waals surface area contributed by atoms with Gasteiger partial charge in [0.05, 0.1) is 24.0 Å². The fourth-order valence-corrected chi connectivity index (χ4v) is 10.0. The van der Waals surface area contributed by atoms with Crippen LogP contribution in [0, 0.1) is 11.8 Å². The van der Waals surface area contributed by atoms with Crippen LogP contribution in [-0.4, -0.2) is 32.2 Å². The minimum atomic E-state index is -0.485. The molecule has 0 saturated heterocycles. The lowest BCUT2D eigenvalue weighted by molar-refractivity contribution is 0.422. The normalized spacial score (nSPS) is 16.2. The summed E-state index contributed by atoms with van der Waals surface area (Å²) >= 11 is 0. The second-order valence-electron chi connectivity index (χ2n) is 16.3. The molecule has 0 saturated carbocycles. The van der Waals surface area contributed by atoms with Crippen LogP contribution in [0.1, 0.15) is 69.0 Å². The summed E-state index contributed by atoms with van der Waals surface area (Å²) in [6, 6.07) is 64.8. The zero-order valence-electron chi connectivity index (χ0n) is 34.2. The van der Waals surface area contributed by atoms with E-state index in [1.807, 2.05) is 0 Å². The first kappa shape index (κ1) is 39.1. The third-order valence-corrected chi connectivity index (χ3v) is 13.0. The van der Waals surface area contributed by atoms with Crippen molar-refractivity contribution in [3.8, 4) is 0 Å². The Hall–Kier alpha value is -6.34. The average molecular weight is 787 g/mol. The zero-order chi connectivity index (χ0) is 40.8. The molecule has 0 radical (unpaired) electrons. The fourth-order valence-electron chi connectivity index (χ4n) is 10.0. The second kappa shape index (κ2) is 17.5. The number of nitrogens with two attached hydrogens (primary N) is 2. The molecule has 10 rings (SSSR count). The van der Waals surface area contributed by atoms with Crippen molar-refractivity contribution in [1.82, 2.24) is 19.1 Å². The molecule has 2 aromatic heterocycles. The maximum atomic E-state index is 6.09. The molecule has 2 aliphatic rings. The third kappa shape index (κ3) is 7.00. The van der Waals surface area contributed by atoms with E-state index in [2.05, 4.69) is 204 Å². The second-order valence-corrected chi connectivity index (χ2v) is 16.3. The van der Waals surface area contributed by atoms with Gasteiger partial charge < -0.3 is 20.6 Å². The van der Waals surface area contributed by atoms with Gasteiger partial charge in [0, 0.05) is 11.4 Å². The number of benzene rings is 6. The van der Waals surface area contributed by atoms with Gasteiger partial charge in [0.15, 0.2) is 0 Å². The van der Waals surface area contributed by atoms with Crippen LogP contribution in [0.15, 0.2) is 195 Å². The SMILES string of the molecule is NCC1CCc2c(ncn2C(c2ccccc2)(c2ccccc2)c2ccccc2)C1.NCC1CCc2ncn(C(c3ccccc3)(c3ccccc3)c3ccccc3)c2C1. The molecule has 6 aromatic carbocycles. The first-order chi connectivity index (χ1) is 29.7. The molecule has 2 atom stereocenters. The van der Waals surface area contributed by atoms with E-state index in [1.54, 1.807) is 0 Å². The van der Waals surface area contributed by atoms with Gasteiger partial charge >= 0.3 is 0 Å². The number of hydrogen-bond donors (Lipinski definition) is 2. The minimum absolute atomic E-state index is 0.472. The largest absolute Gasteiger partial charge is 0.330 e. The van der Waals surface area contributed by atoms with Crippen molar-refractivity contribution in [2.45, 2.75) is 49.6 Å². The summed E-state index contributed by atoms with van der Waals surface area (Å²) in [5.41, 5.74) is 23.6. The molecule has 2 heterocycles. The lowest BCUT2D eigenvalue weighted by Gasteiger charge is -2.39. The van der Waals surface area contributed by atoms with Gasteiger partial charge in [-0.2, -0.15) is 0 Å². The van der Waals surface area contributed by atoms with Crippen molar-refractivity contribution in [3.63, 3.8) is 0 Å². The van der Waals surface area contributed by atoms with Crippen LogP contribution in [0.25, 0.3) is 0 Å². The molecule has 0 fully saturated rings. The lowest BCUT2D eigenvalue weighted by atomic mass is 9.76. The minimum Gasteiger partial charge on any atom is -0.330 e. The monoisotopic (exact) mass is 786 g/mol. The van der Waals surface area contributed by atoms with Crippen LogP contribution in [0.4, 0.5) is 0 Å². The van der Waals surface area contributed by atoms with Gasteiger partial charge in [-0.1, -0.05) is 182 Å². The Bertz CT molecular complexity index is 2370. The maximum absolute atomic E-state index is 6.09. The maximum Gasteiger partial charge on any atom is 0.121 e. The van der Waals surface area contributed by atoms with Gasteiger partial charge in [-0.3, -0.25) is 0 Å². The summed E-state index contributed by atoms with van der Waals surface area (Å²) in [6.45, 7) is 1.45. The topological polar surface area (TPSA) is 87.7 Å². The summed E-state index contributed by atoms with van der Waals surface area (Å²) in [5, 5.41) is 0. The van der Waals surface area contributed by atoms with Crippen LogP contribution < -0.4 is 11.5 Å². The number of rotatable bonds is 10. The number of nitrogens with zero attached hydrogens (tertiary/aromatic N) is 4. The van der Waals surface area contributed by atoms with E-state index in [0.717, 1.165) is 51.6 Å². The average Bonchev–Trinajstić information content (AvgIpc) is 3.96. The molecular weight excluding hydrogens is 733 g/mol. The van der Waals surface area contributed by atoms with Crippen LogP contribution in [0.3, 0.4) is 0 Å². The number of aryl methyl sites for hydroxylation is 1. The summed E-state index contributed by atoms with van der Waals surface area (Å²) in [6.07, 6.45) is 10.3. The Labute approximate surface area is 354 Å². The Morgan fingerprint density at radius 1 is 0.400 bits per heavy atom. The van der Waals surface area contributed by atoms with Crippen LogP contribution in [0.2, 0.25) is 0 Å². The summed E-state index contributed by atoms with van der Waals surface area (Å²) in [5.74, 6) is 1.04. The van der Waals surface area contributed by atoms with E-state index in [9.17, 15) is 0 Å². The highest BCUT2D eigenvalue weighted by atomic mass is 15.1. The summed E-state index contributed by atoms with van der Waals surface area (Å²) in [7, 11) is 0. The molecule has 0 aliphatic heterocycles. The molecule has 0 spiro atoms. The molecule has 300 valence electrons. The van der Waals surface area contributed by atoms with E-state index < -0.39 is 11.1 Å². The zero-order valence-corrected chi connectivity index (χ0v) is 34.2. The molecule has 8 aromatic rings. The van der Waals surface area contributed by atoms with Gasteiger partial charge in [0.2, 0.25) is 0 Å². The van der Waals surface area contributed by atoms with Crippen molar-refractivity contribution in [2.75, 3.05) is 13.1 Å². The predicted molar refractivity (Wildman–Crippen MR) is 243 cm³/mol. The van der Waals surface area contributed by atoms with Gasteiger partial charge in [0.1, 0.15) is 11.1 Å². The standard InChI is InChI=1S/2C27H27N3/c28-19-21-16-17-26-25(18-21)29-20-30(26)27(22-10-4-1-5-11-22,23-12-6-2-7-13-23)24-14-8-3-9-15-24;28-19-21-16-17-25-26(18-21)30(20-29-25)27(22-10-4-1-5-11-22,23-12-6-2-7-13-23)24-14-8-3-9-15-24/h2*1-15,20-21H,16-19,28H2. The summed E-state index contributed by atoms with van der Waals surface area (Å²) in [4.78, 5) is 9.79. The first-order valence-electron chi connectivity index (χ1n) is 21.5. The van der Waals surface area contributed by atoms with Crippen molar-refractivity contribution in [1.29, 1.82) is 0 Å². The van der Waals surface area contributed by atoms with E-state index in [1.165, 1.54) is 56.2 Å². The Morgan fingerprint density at radius 2 is 0.717 bits per heavy atom. The Kier molecular flexibility index (Phi) is 11.4. The van der Waals surface area contributed by atoms with Crippen molar-refractivity contribution in [3.05, 3.63) is 251 Å². The third-order valence-electron chi connectivity index (χ3n) is 13.0. The number of imidazole rings is 2. The van der Waals surface area contributed by atoms with Gasteiger partial charge in [-0.05, 0) is 96.8 Å². The lowest BCUT2D eigenvalue weighted by Crippen LogP contribution is -2.39. The Balaban J connectivity index is 0.000000154. The quantitative estimate of drug-likeness (QED) is 0.135. The van der Waals surface area contributed by atoms with Gasteiger partial charge in [-0.25, -0.2) is 9.97 Å².